The summed E-state index contributed by atoms with van der Waals surface area (Å²) in [6.07, 6.45) is 0.978. The van der Waals surface area contributed by atoms with Gasteiger partial charge in [-0.1, -0.05) is 0 Å². The molecule has 26 heavy (non-hydrogen) atoms. The van der Waals surface area contributed by atoms with Gasteiger partial charge in [-0.05, 0) is 48.6 Å². The van der Waals surface area contributed by atoms with Crippen LogP contribution in [0.15, 0.2) is 29.6 Å². The quantitative estimate of drug-likeness (QED) is 0.844. The van der Waals surface area contributed by atoms with Crippen molar-refractivity contribution in [3.05, 3.63) is 40.1 Å². The van der Waals surface area contributed by atoms with Gasteiger partial charge in [0.2, 0.25) is 11.8 Å². The highest BCUT2D eigenvalue weighted by Crippen LogP contribution is 2.33. The van der Waals surface area contributed by atoms with Gasteiger partial charge in [-0.3, -0.25) is 14.5 Å². The minimum atomic E-state index is -0.166. The Hall–Kier alpha value is -2.38. The molecule has 6 nitrogen and oxygen atoms in total. The maximum atomic E-state index is 12.6. The summed E-state index contributed by atoms with van der Waals surface area (Å²) >= 11 is 1.79. The maximum Gasteiger partial charge on any atom is 0.238 e. The average molecular weight is 373 g/mol. The van der Waals surface area contributed by atoms with Crippen molar-refractivity contribution in [3.8, 4) is 5.75 Å². The summed E-state index contributed by atoms with van der Waals surface area (Å²) in [5, 5.41) is 7.73. The molecule has 1 aliphatic heterocycles. The third-order valence-electron chi connectivity index (χ3n) is 4.54. The Labute approximate surface area is 157 Å². The van der Waals surface area contributed by atoms with Crippen LogP contribution in [0, 0.1) is 0 Å². The summed E-state index contributed by atoms with van der Waals surface area (Å²) in [5.41, 5.74) is 2.48. The van der Waals surface area contributed by atoms with E-state index in [2.05, 4.69) is 33.9 Å². The molecule has 0 unspecified atom stereocenters. The first-order valence-electron chi connectivity index (χ1n) is 8.53. The Bertz CT molecular complexity index is 818. The molecule has 138 valence electrons. The number of anilines is 2. The highest BCUT2D eigenvalue weighted by Gasteiger charge is 2.26. The van der Waals surface area contributed by atoms with Crippen molar-refractivity contribution in [1.82, 2.24) is 4.90 Å². The molecule has 3 rings (SSSR count). The second-order valence-corrected chi connectivity index (χ2v) is 7.34. The van der Waals surface area contributed by atoms with E-state index in [1.165, 1.54) is 17.4 Å². The normalized spacial score (nSPS) is 16.7. The topological polar surface area (TPSA) is 70.7 Å². The lowest BCUT2D eigenvalue weighted by Crippen LogP contribution is -2.39. The van der Waals surface area contributed by atoms with Crippen molar-refractivity contribution in [1.29, 1.82) is 0 Å². The van der Waals surface area contributed by atoms with Crippen LogP contribution in [0.5, 0.6) is 5.75 Å². The van der Waals surface area contributed by atoms with E-state index < -0.39 is 0 Å². The van der Waals surface area contributed by atoms with Crippen LogP contribution in [0.1, 0.15) is 30.3 Å². The van der Waals surface area contributed by atoms with Gasteiger partial charge < -0.3 is 15.4 Å². The average Bonchev–Trinajstić information content (AvgIpc) is 3.06. The highest BCUT2D eigenvalue weighted by atomic mass is 32.1. The van der Waals surface area contributed by atoms with E-state index >= 15 is 0 Å². The molecule has 1 aromatic carbocycles. The van der Waals surface area contributed by atoms with Gasteiger partial charge >= 0.3 is 0 Å². The largest absolute Gasteiger partial charge is 0.495 e. The van der Waals surface area contributed by atoms with Crippen molar-refractivity contribution < 1.29 is 14.3 Å². The van der Waals surface area contributed by atoms with Crippen LogP contribution in [0.3, 0.4) is 0 Å². The summed E-state index contributed by atoms with van der Waals surface area (Å²) < 4.78 is 5.31. The smallest absolute Gasteiger partial charge is 0.238 e. The van der Waals surface area contributed by atoms with Crippen LogP contribution in [-0.4, -0.2) is 36.9 Å². The lowest BCUT2D eigenvalue weighted by molar-refractivity contribution is -0.118. The number of rotatable bonds is 5. The highest BCUT2D eigenvalue weighted by molar-refractivity contribution is 7.10. The van der Waals surface area contributed by atoms with E-state index in [4.69, 9.17) is 4.74 Å². The first-order chi connectivity index (χ1) is 12.5. The van der Waals surface area contributed by atoms with Crippen LogP contribution >= 0.6 is 11.3 Å². The summed E-state index contributed by atoms with van der Waals surface area (Å²) in [7, 11) is 1.55. The number of ether oxygens (including phenoxy) is 1. The first kappa shape index (κ1) is 18.4. The Morgan fingerprint density at radius 2 is 2.12 bits per heavy atom. The van der Waals surface area contributed by atoms with Gasteiger partial charge in [-0.15, -0.1) is 11.3 Å². The van der Waals surface area contributed by atoms with Crippen molar-refractivity contribution in [2.75, 3.05) is 30.8 Å². The van der Waals surface area contributed by atoms with Crippen LogP contribution in [0.2, 0.25) is 0 Å². The van der Waals surface area contributed by atoms with E-state index in [1.807, 2.05) is 0 Å². The van der Waals surface area contributed by atoms with Gasteiger partial charge in [0.25, 0.3) is 0 Å². The van der Waals surface area contributed by atoms with Gasteiger partial charge in [0, 0.05) is 30.1 Å². The maximum absolute atomic E-state index is 12.6. The third kappa shape index (κ3) is 4.05. The van der Waals surface area contributed by atoms with E-state index in [1.54, 1.807) is 36.6 Å². The number of nitrogens with one attached hydrogen (secondary N) is 2. The molecule has 2 heterocycles. The predicted molar refractivity (Wildman–Crippen MR) is 104 cm³/mol. The monoisotopic (exact) mass is 373 g/mol. The summed E-state index contributed by atoms with van der Waals surface area (Å²) in [6, 6.07) is 7.54. The number of carbonyl (C=O) groups is 2. The van der Waals surface area contributed by atoms with E-state index in [0.717, 1.165) is 13.0 Å². The molecule has 7 heteroatoms. The summed E-state index contributed by atoms with van der Waals surface area (Å²) in [6.45, 7) is 4.75. The lowest BCUT2D eigenvalue weighted by atomic mass is 10.0. The number of methoxy groups -OCH3 is 1. The van der Waals surface area contributed by atoms with E-state index in [-0.39, 0.29) is 17.9 Å². The summed E-state index contributed by atoms with van der Waals surface area (Å²) in [4.78, 5) is 27.4. The Morgan fingerprint density at radius 3 is 2.85 bits per heavy atom. The van der Waals surface area contributed by atoms with Gasteiger partial charge in [-0.2, -0.15) is 0 Å². The number of hydrogen-bond acceptors (Lipinski definition) is 5. The first-order valence-corrected chi connectivity index (χ1v) is 9.41. The summed E-state index contributed by atoms with van der Waals surface area (Å²) in [5.74, 6) is 0.286. The second kappa shape index (κ2) is 7.88. The number of fused-ring (bicyclic) bond motifs is 1. The molecule has 0 spiro atoms. The number of thiophene rings is 1. The molecule has 1 aliphatic rings. The van der Waals surface area contributed by atoms with E-state index in [0.29, 0.717) is 23.7 Å². The molecule has 2 aromatic rings. The molecule has 2 N–H and O–H groups in total. The predicted octanol–water partition coefficient (Wildman–Crippen LogP) is 3.27. The molecule has 1 aromatic heterocycles. The van der Waals surface area contributed by atoms with Crippen molar-refractivity contribution >= 4 is 34.5 Å². The fourth-order valence-corrected chi connectivity index (χ4v) is 4.20. The lowest BCUT2D eigenvalue weighted by Gasteiger charge is -2.33. The molecular formula is C19H23N3O3S. The fourth-order valence-electron chi connectivity index (χ4n) is 3.24. The number of amides is 2. The number of benzene rings is 1. The van der Waals surface area contributed by atoms with Crippen LogP contribution in [0.25, 0.3) is 0 Å². The molecule has 0 saturated heterocycles. The van der Waals surface area contributed by atoms with Crippen LogP contribution in [-0.2, 0) is 16.0 Å². The van der Waals surface area contributed by atoms with Crippen LogP contribution < -0.4 is 15.4 Å². The van der Waals surface area contributed by atoms with E-state index in [9.17, 15) is 9.59 Å². The SMILES string of the molecule is COc1ccc(NC(C)=O)cc1NC(=O)CN1CCc2sccc2[C@@H]1C. The van der Waals surface area contributed by atoms with Crippen LogP contribution in [0.4, 0.5) is 11.4 Å². The molecule has 0 radical (unpaired) electrons. The van der Waals surface area contributed by atoms with Gasteiger partial charge in [0.15, 0.2) is 0 Å². The zero-order valence-corrected chi connectivity index (χ0v) is 16.0. The molecule has 0 aliphatic carbocycles. The van der Waals surface area contributed by atoms with Crippen molar-refractivity contribution in [2.24, 2.45) is 0 Å². The fraction of sp³-hybridized carbons (Fsp3) is 0.368. The second-order valence-electron chi connectivity index (χ2n) is 6.34. The zero-order chi connectivity index (χ0) is 18.7. The number of carbonyl (C=O) groups excluding carboxylic acids is 2. The van der Waals surface area contributed by atoms with Gasteiger partial charge in [0.1, 0.15) is 5.75 Å². The third-order valence-corrected chi connectivity index (χ3v) is 5.54. The minimum absolute atomic E-state index is 0.103. The number of hydrogen-bond donors (Lipinski definition) is 2. The molecule has 1 atom stereocenters. The Kier molecular flexibility index (Phi) is 5.58. The number of nitrogens with zero attached hydrogens (tertiary/aromatic N) is 1. The van der Waals surface area contributed by atoms with Crippen molar-refractivity contribution in [2.45, 2.75) is 26.3 Å². The molecule has 0 bridgehead atoms. The molecule has 0 fully saturated rings. The van der Waals surface area contributed by atoms with Crippen molar-refractivity contribution in [3.63, 3.8) is 0 Å². The molecule has 2 amide bonds. The van der Waals surface area contributed by atoms with Gasteiger partial charge in [0.05, 0.1) is 19.3 Å². The standard InChI is InChI=1S/C19H23N3O3S/c1-12-15-7-9-26-18(15)6-8-22(12)11-19(24)21-16-10-14(20-13(2)23)4-5-17(16)25-3/h4-5,7,9-10,12H,6,8,11H2,1-3H3,(H,20,23)(H,21,24)/t12-/m0/s1. The molecular weight excluding hydrogens is 350 g/mol. The zero-order valence-electron chi connectivity index (χ0n) is 15.2. The van der Waals surface area contributed by atoms with Gasteiger partial charge in [-0.25, -0.2) is 0 Å². The Balaban J connectivity index is 1.69. The Morgan fingerprint density at radius 1 is 1.31 bits per heavy atom. The minimum Gasteiger partial charge on any atom is -0.495 e. The molecule has 0 saturated carbocycles.